The summed E-state index contributed by atoms with van der Waals surface area (Å²) in [6.07, 6.45) is 6.44. The molecule has 1 aromatic carbocycles. The van der Waals surface area contributed by atoms with E-state index in [-0.39, 0.29) is 11.8 Å². The van der Waals surface area contributed by atoms with Crippen LogP contribution in [0.25, 0.3) is 0 Å². The summed E-state index contributed by atoms with van der Waals surface area (Å²) in [6.45, 7) is 4.04. The molecular formula is C17H23N3O. The van der Waals surface area contributed by atoms with Crippen LogP contribution >= 0.6 is 0 Å². The van der Waals surface area contributed by atoms with Crippen molar-refractivity contribution in [2.24, 2.45) is 10.9 Å². The maximum absolute atomic E-state index is 12.4. The first-order valence-electron chi connectivity index (χ1n) is 7.85. The van der Waals surface area contributed by atoms with E-state index in [1.54, 1.807) is 0 Å². The quantitative estimate of drug-likeness (QED) is 0.817. The summed E-state index contributed by atoms with van der Waals surface area (Å²) >= 11 is 0. The van der Waals surface area contributed by atoms with E-state index in [4.69, 9.17) is 0 Å². The maximum Gasteiger partial charge on any atom is 0.227 e. The molecule has 4 nitrogen and oxygen atoms in total. The predicted molar refractivity (Wildman–Crippen MR) is 85.8 cm³/mol. The monoisotopic (exact) mass is 285 g/mol. The standard InChI is InChI=1S/C17H23N3O/c1-18-11-19-15-7-6-14(10-15)17(21)20-16-8-5-12-3-2-4-13(12)9-16/h5,8-9,14-15,19H,1-4,6-7,10-11H2,(H,20,21)/t14-,15-/m0/s1. The van der Waals surface area contributed by atoms with E-state index in [0.29, 0.717) is 12.7 Å². The van der Waals surface area contributed by atoms with Gasteiger partial charge in [0.1, 0.15) is 0 Å². The molecule has 1 saturated carbocycles. The minimum Gasteiger partial charge on any atom is -0.326 e. The average Bonchev–Trinajstić information content (AvgIpc) is 3.13. The number of carbonyl (C=O) groups excluding carboxylic acids is 1. The molecule has 3 rings (SSSR count). The van der Waals surface area contributed by atoms with E-state index in [1.165, 1.54) is 24.0 Å². The first-order valence-corrected chi connectivity index (χ1v) is 7.85. The summed E-state index contributed by atoms with van der Waals surface area (Å²) in [7, 11) is 0. The van der Waals surface area contributed by atoms with Gasteiger partial charge >= 0.3 is 0 Å². The summed E-state index contributed by atoms with van der Waals surface area (Å²) in [5, 5.41) is 6.39. The van der Waals surface area contributed by atoms with Crippen LogP contribution in [0.3, 0.4) is 0 Å². The third kappa shape index (κ3) is 3.32. The molecule has 0 radical (unpaired) electrons. The Balaban J connectivity index is 1.56. The van der Waals surface area contributed by atoms with Crippen molar-refractivity contribution in [2.75, 3.05) is 12.0 Å². The van der Waals surface area contributed by atoms with Crippen molar-refractivity contribution in [3.8, 4) is 0 Å². The second-order valence-corrected chi connectivity index (χ2v) is 6.12. The SMILES string of the molecule is C=NCN[C@H]1CC[C@H](C(=O)Nc2ccc3c(c2)CCC3)C1. The van der Waals surface area contributed by atoms with E-state index >= 15 is 0 Å². The number of amides is 1. The zero-order chi connectivity index (χ0) is 14.7. The molecule has 4 heteroatoms. The van der Waals surface area contributed by atoms with Crippen molar-refractivity contribution in [3.63, 3.8) is 0 Å². The number of rotatable bonds is 5. The third-order valence-corrected chi connectivity index (χ3v) is 4.66. The molecule has 2 atom stereocenters. The number of benzene rings is 1. The number of hydrogen-bond donors (Lipinski definition) is 2. The summed E-state index contributed by atoms with van der Waals surface area (Å²) in [4.78, 5) is 16.2. The van der Waals surface area contributed by atoms with Gasteiger partial charge in [0.2, 0.25) is 5.91 Å². The van der Waals surface area contributed by atoms with Gasteiger partial charge in [0.15, 0.2) is 0 Å². The number of fused-ring (bicyclic) bond motifs is 1. The van der Waals surface area contributed by atoms with Crippen molar-refractivity contribution < 1.29 is 4.79 Å². The molecule has 0 aromatic heterocycles. The van der Waals surface area contributed by atoms with Crippen molar-refractivity contribution >= 4 is 18.3 Å². The normalized spacial score (nSPS) is 23.8. The molecule has 2 aliphatic carbocycles. The van der Waals surface area contributed by atoms with Crippen LogP contribution < -0.4 is 10.6 Å². The Kier molecular flexibility index (Phi) is 4.34. The number of nitrogens with zero attached hydrogens (tertiary/aromatic N) is 1. The molecule has 2 N–H and O–H groups in total. The van der Waals surface area contributed by atoms with Crippen molar-refractivity contribution in [3.05, 3.63) is 29.3 Å². The number of aryl methyl sites for hydroxylation is 2. The Bertz CT molecular complexity index is 541. The molecule has 0 aliphatic heterocycles. The zero-order valence-electron chi connectivity index (χ0n) is 12.4. The Morgan fingerprint density at radius 2 is 2.14 bits per heavy atom. The molecule has 0 unspecified atom stereocenters. The number of nitrogens with one attached hydrogen (secondary N) is 2. The van der Waals surface area contributed by atoms with E-state index in [0.717, 1.165) is 31.4 Å². The predicted octanol–water partition coefficient (Wildman–Crippen LogP) is 2.53. The van der Waals surface area contributed by atoms with Crippen LogP contribution in [0.5, 0.6) is 0 Å². The lowest BCUT2D eigenvalue weighted by Gasteiger charge is -2.13. The van der Waals surface area contributed by atoms with Crippen molar-refractivity contribution in [1.82, 2.24) is 5.32 Å². The molecule has 21 heavy (non-hydrogen) atoms. The smallest absolute Gasteiger partial charge is 0.227 e. The third-order valence-electron chi connectivity index (χ3n) is 4.66. The molecule has 1 amide bonds. The van der Waals surface area contributed by atoms with Crippen LogP contribution in [0.4, 0.5) is 5.69 Å². The van der Waals surface area contributed by atoms with Crippen LogP contribution in [0.15, 0.2) is 23.2 Å². The van der Waals surface area contributed by atoms with E-state index < -0.39 is 0 Å². The maximum atomic E-state index is 12.4. The molecular weight excluding hydrogens is 262 g/mol. The highest BCUT2D eigenvalue weighted by Crippen LogP contribution is 2.28. The van der Waals surface area contributed by atoms with Gasteiger partial charge in [-0.1, -0.05) is 6.07 Å². The summed E-state index contributed by atoms with van der Waals surface area (Å²) in [5.74, 6) is 0.268. The second kappa shape index (κ2) is 6.39. The van der Waals surface area contributed by atoms with Gasteiger partial charge < -0.3 is 5.32 Å². The summed E-state index contributed by atoms with van der Waals surface area (Å²) in [5.41, 5.74) is 3.79. The van der Waals surface area contributed by atoms with Gasteiger partial charge in [-0.05, 0) is 68.5 Å². The summed E-state index contributed by atoms with van der Waals surface area (Å²) < 4.78 is 0. The lowest BCUT2D eigenvalue weighted by atomic mass is 10.1. The van der Waals surface area contributed by atoms with Gasteiger partial charge in [0.25, 0.3) is 0 Å². The highest BCUT2D eigenvalue weighted by molar-refractivity contribution is 5.92. The van der Waals surface area contributed by atoms with E-state index in [2.05, 4.69) is 34.5 Å². The van der Waals surface area contributed by atoms with Gasteiger partial charge in [-0.3, -0.25) is 15.1 Å². The Morgan fingerprint density at radius 3 is 3.00 bits per heavy atom. The number of aliphatic imine (C=N–C) groups is 1. The van der Waals surface area contributed by atoms with Crippen LogP contribution in [0.2, 0.25) is 0 Å². The lowest BCUT2D eigenvalue weighted by Crippen LogP contribution is -2.28. The fourth-order valence-corrected chi connectivity index (χ4v) is 3.49. The number of hydrogen-bond acceptors (Lipinski definition) is 3. The molecule has 0 saturated heterocycles. The van der Waals surface area contributed by atoms with Crippen LogP contribution in [0.1, 0.15) is 36.8 Å². The minimum absolute atomic E-state index is 0.112. The highest BCUT2D eigenvalue weighted by atomic mass is 16.1. The molecule has 2 aliphatic rings. The van der Waals surface area contributed by atoms with E-state index in [1.807, 2.05) is 6.07 Å². The number of anilines is 1. The highest BCUT2D eigenvalue weighted by Gasteiger charge is 2.29. The molecule has 0 heterocycles. The summed E-state index contributed by atoms with van der Waals surface area (Å²) in [6, 6.07) is 6.74. The Labute approximate surface area is 126 Å². The fraction of sp³-hybridized carbons (Fsp3) is 0.529. The fourth-order valence-electron chi connectivity index (χ4n) is 3.49. The average molecular weight is 285 g/mol. The van der Waals surface area contributed by atoms with Gasteiger partial charge in [-0.25, -0.2) is 0 Å². The minimum atomic E-state index is 0.112. The van der Waals surface area contributed by atoms with Crippen molar-refractivity contribution in [1.29, 1.82) is 0 Å². The van der Waals surface area contributed by atoms with Gasteiger partial charge in [-0.15, -0.1) is 0 Å². The Hall–Kier alpha value is -1.68. The van der Waals surface area contributed by atoms with Gasteiger partial charge in [0.05, 0.1) is 6.67 Å². The van der Waals surface area contributed by atoms with E-state index in [9.17, 15) is 4.79 Å². The lowest BCUT2D eigenvalue weighted by molar-refractivity contribution is -0.119. The van der Waals surface area contributed by atoms with Gasteiger partial charge in [0, 0.05) is 17.6 Å². The number of carbonyl (C=O) groups is 1. The molecule has 112 valence electrons. The zero-order valence-corrected chi connectivity index (χ0v) is 12.4. The first kappa shape index (κ1) is 14.3. The second-order valence-electron chi connectivity index (χ2n) is 6.12. The largest absolute Gasteiger partial charge is 0.326 e. The molecule has 0 spiro atoms. The van der Waals surface area contributed by atoms with Crippen molar-refractivity contribution in [2.45, 2.75) is 44.6 Å². The van der Waals surface area contributed by atoms with Crippen LogP contribution in [0, 0.1) is 5.92 Å². The topological polar surface area (TPSA) is 53.5 Å². The molecule has 1 fully saturated rings. The van der Waals surface area contributed by atoms with Gasteiger partial charge in [-0.2, -0.15) is 0 Å². The Morgan fingerprint density at radius 1 is 1.29 bits per heavy atom. The molecule has 1 aromatic rings. The van der Waals surface area contributed by atoms with Crippen LogP contribution in [-0.2, 0) is 17.6 Å². The first-order chi connectivity index (χ1) is 10.3. The molecule has 0 bridgehead atoms. The van der Waals surface area contributed by atoms with Crippen LogP contribution in [-0.4, -0.2) is 25.3 Å².